The molecule has 1 N–H and O–H groups in total. The van der Waals surface area contributed by atoms with Gasteiger partial charge in [0.25, 0.3) is 0 Å². The Morgan fingerprint density at radius 1 is 1.40 bits per heavy atom. The third-order valence-electron chi connectivity index (χ3n) is 2.25. The van der Waals surface area contributed by atoms with Gasteiger partial charge in [0.1, 0.15) is 6.61 Å². The molecule has 1 aromatic rings. The molecule has 15 heavy (non-hydrogen) atoms. The molecule has 0 saturated heterocycles. The second-order valence-corrected chi connectivity index (χ2v) is 3.64. The lowest BCUT2D eigenvalue weighted by Gasteiger charge is -2.08. The number of aryl methyl sites for hydroxylation is 2. The van der Waals surface area contributed by atoms with Crippen LogP contribution in [0.1, 0.15) is 16.7 Å². The van der Waals surface area contributed by atoms with Crippen molar-refractivity contribution in [2.75, 3.05) is 13.7 Å². The van der Waals surface area contributed by atoms with E-state index in [-0.39, 0.29) is 12.5 Å². The summed E-state index contributed by atoms with van der Waals surface area (Å²) in [6.07, 6.45) is 0. The Bertz CT molecular complexity index is 347. The zero-order chi connectivity index (χ0) is 11.3. The highest BCUT2D eigenvalue weighted by molar-refractivity contribution is 5.77. The molecule has 0 spiro atoms. The predicted octanol–water partition coefficient (Wildman–Crippen LogP) is 1.57. The maximum absolute atomic E-state index is 11.2. The molecule has 1 aromatic carbocycles. The van der Waals surface area contributed by atoms with Gasteiger partial charge < -0.3 is 10.1 Å². The summed E-state index contributed by atoms with van der Waals surface area (Å²) in [4.78, 5) is 11.2. The number of methoxy groups -OCH3 is 1. The van der Waals surface area contributed by atoms with Gasteiger partial charge in [0, 0.05) is 13.7 Å². The van der Waals surface area contributed by atoms with Crippen LogP contribution in [0.3, 0.4) is 0 Å². The van der Waals surface area contributed by atoms with Crippen molar-refractivity contribution in [1.29, 1.82) is 0 Å². The number of rotatable bonds is 4. The Balaban J connectivity index is 2.54. The average Bonchev–Trinajstić information content (AvgIpc) is 2.17. The van der Waals surface area contributed by atoms with E-state index in [4.69, 9.17) is 4.74 Å². The summed E-state index contributed by atoms with van der Waals surface area (Å²) < 4.78 is 4.73. The minimum absolute atomic E-state index is 0.0857. The first-order valence-electron chi connectivity index (χ1n) is 4.95. The fourth-order valence-corrected chi connectivity index (χ4v) is 1.42. The highest BCUT2D eigenvalue weighted by atomic mass is 16.5. The van der Waals surface area contributed by atoms with Crippen LogP contribution in [-0.2, 0) is 16.1 Å². The number of benzene rings is 1. The van der Waals surface area contributed by atoms with Crippen molar-refractivity contribution in [1.82, 2.24) is 5.32 Å². The Hall–Kier alpha value is -1.35. The van der Waals surface area contributed by atoms with Crippen molar-refractivity contribution in [3.63, 3.8) is 0 Å². The quantitative estimate of drug-likeness (QED) is 0.813. The van der Waals surface area contributed by atoms with Crippen molar-refractivity contribution in [2.24, 2.45) is 0 Å². The van der Waals surface area contributed by atoms with Crippen molar-refractivity contribution < 1.29 is 9.53 Å². The van der Waals surface area contributed by atoms with Crippen LogP contribution in [0.2, 0.25) is 0 Å². The smallest absolute Gasteiger partial charge is 0.246 e. The standard InChI is InChI=1S/C12H17NO2/c1-9-4-5-11(10(2)6-9)7-13-12(14)8-15-3/h4-6H,7-8H2,1-3H3,(H,13,14). The van der Waals surface area contributed by atoms with Gasteiger partial charge in [-0.25, -0.2) is 0 Å². The molecule has 1 amide bonds. The van der Waals surface area contributed by atoms with Gasteiger partial charge in [-0.15, -0.1) is 0 Å². The number of ether oxygens (including phenoxy) is 1. The molecule has 0 atom stereocenters. The number of carbonyl (C=O) groups is 1. The van der Waals surface area contributed by atoms with E-state index in [0.29, 0.717) is 6.54 Å². The van der Waals surface area contributed by atoms with Gasteiger partial charge in [-0.2, -0.15) is 0 Å². The molecule has 0 fully saturated rings. The van der Waals surface area contributed by atoms with Crippen LogP contribution in [0.15, 0.2) is 18.2 Å². The summed E-state index contributed by atoms with van der Waals surface area (Å²) in [5.41, 5.74) is 3.58. The SMILES string of the molecule is COCC(=O)NCc1ccc(C)cc1C. The molecule has 0 bridgehead atoms. The lowest BCUT2D eigenvalue weighted by atomic mass is 10.1. The second kappa shape index (κ2) is 5.51. The number of hydrogen-bond acceptors (Lipinski definition) is 2. The van der Waals surface area contributed by atoms with E-state index in [1.54, 1.807) is 0 Å². The van der Waals surface area contributed by atoms with E-state index in [1.165, 1.54) is 18.2 Å². The fourth-order valence-electron chi connectivity index (χ4n) is 1.42. The molecule has 0 radical (unpaired) electrons. The number of hydrogen-bond donors (Lipinski definition) is 1. The first-order chi connectivity index (χ1) is 7.13. The van der Waals surface area contributed by atoms with Gasteiger partial charge in [-0.05, 0) is 25.0 Å². The molecule has 0 saturated carbocycles. The minimum atomic E-state index is -0.0857. The molecule has 1 rings (SSSR count). The summed E-state index contributed by atoms with van der Waals surface area (Å²) in [6, 6.07) is 6.19. The van der Waals surface area contributed by atoms with Gasteiger partial charge in [0.2, 0.25) is 5.91 Å². The van der Waals surface area contributed by atoms with Crippen molar-refractivity contribution in [2.45, 2.75) is 20.4 Å². The van der Waals surface area contributed by atoms with Crippen LogP contribution in [0, 0.1) is 13.8 Å². The summed E-state index contributed by atoms with van der Waals surface area (Å²) in [5, 5.41) is 2.80. The van der Waals surface area contributed by atoms with Crippen LogP contribution < -0.4 is 5.32 Å². The number of amides is 1. The molecule has 0 unspecified atom stereocenters. The van der Waals surface area contributed by atoms with E-state index >= 15 is 0 Å². The third kappa shape index (κ3) is 3.72. The molecular formula is C12H17NO2. The zero-order valence-corrected chi connectivity index (χ0v) is 9.46. The molecule has 0 aliphatic rings. The van der Waals surface area contributed by atoms with E-state index in [0.717, 1.165) is 5.56 Å². The zero-order valence-electron chi connectivity index (χ0n) is 9.46. The normalized spacial score (nSPS) is 10.1. The van der Waals surface area contributed by atoms with Gasteiger partial charge in [-0.3, -0.25) is 4.79 Å². The molecule has 3 nitrogen and oxygen atoms in total. The van der Waals surface area contributed by atoms with Crippen LogP contribution in [0.25, 0.3) is 0 Å². The maximum atomic E-state index is 11.2. The average molecular weight is 207 g/mol. The minimum Gasteiger partial charge on any atom is -0.375 e. The predicted molar refractivity (Wildman–Crippen MR) is 59.6 cm³/mol. The Labute approximate surface area is 90.4 Å². The maximum Gasteiger partial charge on any atom is 0.246 e. The van der Waals surface area contributed by atoms with E-state index in [2.05, 4.69) is 18.3 Å². The highest BCUT2D eigenvalue weighted by Gasteiger charge is 2.02. The lowest BCUT2D eigenvalue weighted by molar-refractivity contribution is -0.124. The third-order valence-corrected chi connectivity index (χ3v) is 2.25. The first kappa shape index (κ1) is 11.7. The van der Waals surface area contributed by atoms with Crippen molar-refractivity contribution in [3.8, 4) is 0 Å². The Morgan fingerprint density at radius 2 is 2.13 bits per heavy atom. The summed E-state index contributed by atoms with van der Waals surface area (Å²) >= 11 is 0. The largest absolute Gasteiger partial charge is 0.375 e. The molecule has 0 aliphatic heterocycles. The van der Waals surface area contributed by atoms with Crippen LogP contribution >= 0.6 is 0 Å². The van der Waals surface area contributed by atoms with E-state index in [9.17, 15) is 4.79 Å². The van der Waals surface area contributed by atoms with Crippen LogP contribution in [0.4, 0.5) is 0 Å². The molecule has 0 aliphatic carbocycles. The van der Waals surface area contributed by atoms with E-state index in [1.807, 2.05) is 19.1 Å². The molecule has 3 heteroatoms. The Kier molecular flexibility index (Phi) is 4.31. The molecular weight excluding hydrogens is 190 g/mol. The molecule has 82 valence electrons. The lowest BCUT2D eigenvalue weighted by Crippen LogP contribution is -2.26. The molecule has 0 aromatic heterocycles. The van der Waals surface area contributed by atoms with E-state index < -0.39 is 0 Å². The summed E-state index contributed by atoms with van der Waals surface area (Å²) in [7, 11) is 1.51. The van der Waals surface area contributed by atoms with Gasteiger partial charge in [-0.1, -0.05) is 23.8 Å². The summed E-state index contributed by atoms with van der Waals surface area (Å²) in [6.45, 7) is 4.78. The monoisotopic (exact) mass is 207 g/mol. The second-order valence-electron chi connectivity index (χ2n) is 3.64. The van der Waals surface area contributed by atoms with Gasteiger partial charge >= 0.3 is 0 Å². The highest BCUT2D eigenvalue weighted by Crippen LogP contribution is 2.09. The Morgan fingerprint density at radius 3 is 2.73 bits per heavy atom. The molecule has 0 heterocycles. The van der Waals surface area contributed by atoms with Crippen molar-refractivity contribution >= 4 is 5.91 Å². The summed E-state index contributed by atoms with van der Waals surface area (Å²) in [5.74, 6) is -0.0857. The number of nitrogens with one attached hydrogen (secondary N) is 1. The first-order valence-corrected chi connectivity index (χ1v) is 4.95. The number of carbonyl (C=O) groups excluding carboxylic acids is 1. The van der Waals surface area contributed by atoms with Gasteiger partial charge in [0.05, 0.1) is 0 Å². The van der Waals surface area contributed by atoms with Crippen molar-refractivity contribution in [3.05, 3.63) is 34.9 Å². The van der Waals surface area contributed by atoms with Crippen LogP contribution in [-0.4, -0.2) is 19.6 Å². The van der Waals surface area contributed by atoms with Gasteiger partial charge in [0.15, 0.2) is 0 Å². The topological polar surface area (TPSA) is 38.3 Å². The fraction of sp³-hybridized carbons (Fsp3) is 0.417. The van der Waals surface area contributed by atoms with Crippen LogP contribution in [0.5, 0.6) is 0 Å².